The molecule has 1 aromatic carbocycles. The Morgan fingerprint density at radius 1 is 1.29 bits per heavy atom. The van der Waals surface area contributed by atoms with Crippen molar-refractivity contribution >= 4 is 16.9 Å². The van der Waals surface area contributed by atoms with Gasteiger partial charge in [-0.3, -0.25) is 9.69 Å². The number of rotatable bonds is 5. The Morgan fingerprint density at radius 2 is 1.92 bits per heavy atom. The molecule has 0 radical (unpaired) electrons. The summed E-state index contributed by atoms with van der Waals surface area (Å²) in [5.41, 5.74) is 6.26. The molecule has 1 aliphatic heterocycles. The molecular weight excluding hydrogens is 302 g/mol. The molecule has 3 rings (SSSR count). The molecule has 1 unspecified atom stereocenters. The number of hydrogen-bond acceptors (Lipinski definition) is 3. The van der Waals surface area contributed by atoms with Gasteiger partial charge in [-0.2, -0.15) is 0 Å². The second-order valence-corrected chi connectivity index (χ2v) is 7.14. The summed E-state index contributed by atoms with van der Waals surface area (Å²) in [5.74, 6) is -0.805. The molecule has 0 saturated heterocycles. The Bertz CT molecular complexity index is 792. The van der Waals surface area contributed by atoms with Gasteiger partial charge in [-0.25, -0.2) is 0 Å². The third-order valence-corrected chi connectivity index (χ3v) is 5.48. The van der Waals surface area contributed by atoms with Crippen LogP contribution in [0.15, 0.2) is 12.1 Å². The summed E-state index contributed by atoms with van der Waals surface area (Å²) in [5, 5.41) is 13.5. The van der Waals surface area contributed by atoms with E-state index in [1.807, 2.05) is 0 Å². The fraction of sp³-hybridized carbons (Fsp3) is 0.526. The van der Waals surface area contributed by atoms with Crippen molar-refractivity contribution in [1.29, 1.82) is 0 Å². The van der Waals surface area contributed by atoms with Gasteiger partial charge in [0.2, 0.25) is 0 Å². The molecule has 5 heteroatoms. The van der Waals surface area contributed by atoms with Gasteiger partial charge in [0.1, 0.15) is 6.04 Å². The Labute approximate surface area is 143 Å². The number of nitrogens with zero attached hydrogens (tertiary/aromatic N) is 2. The molecule has 0 spiro atoms. The monoisotopic (exact) mass is 329 g/mol. The number of carboxylic acids is 1. The van der Waals surface area contributed by atoms with Gasteiger partial charge in [0, 0.05) is 49.2 Å². The molecule has 1 aliphatic rings. The van der Waals surface area contributed by atoms with Crippen LogP contribution in [0.4, 0.5) is 0 Å². The SMILES string of the molecule is CNC(Cc1c(C)n(C)c2cc3c(cc12)CN(C(C)C)C3)C(=O)O. The van der Waals surface area contributed by atoms with Crippen molar-refractivity contribution in [3.63, 3.8) is 0 Å². The average molecular weight is 329 g/mol. The predicted molar refractivity (Wildman–Crippen MR) is 96.2 cm³/mol. The summed E-state index contributed by atoms with van der Waals surface area (Å²) < 4.78 is 2.19. The molecule has 0 bridgehead atoms. The minimum Gasteiger partial charge on any atom is -0.480 e. The van der Waals surface area contributed by atoms with Crippen LogP contribution in [0.25, 0.3) is 10.9 Å². The highest BCUT2D eigenvalue weighted by molar-refractivity contribution is 5.88. The van der Waals surface area contributed by atoms with Crippen LogP contribution in [-0.4, -0.2) is 39.7 Å². The molecule has 2 aromatic rings. The first-order valence-corrected chi connectivity index (χ1v) is 8.57. The fourth-order valence-corrected chi connectivity index (χ4v) is 3.70. The second kappa shape index (κ2) is 6.22. The van der Waals surface area contributed by atoms with Crippen LogP contribution >= 0.6 is 0 Å². The van der Waals surface area contributed by atoms with Crippen molar-refractivity contribution in [2.45, 2.75) is 52.4 Å². The fourth-order valence-electron chi connectivity index (χ4n) is 3.70. The van der Waals surface area contributed by atoms with Crippen molar-refractivity contribution < 1.29 is 9.90 Å². The van der Waals surface area contributed by atoms with Gasteiger partial charge in [0.25, 0.3) is 0 Å². The molecule has 1 atom stereocenters. The summed E-state index contributed by atoms with van der Waals surface area (Å²) in [6.45, 7) is 8.51. The molecular formula is C19H27N3O2. The summed E-state index contributed by atoms with van der Waals surface area (Å²) in [7, 11) is 3.77. The zero-order valence-corrected chi connectivity index (χ0v) is 15.2. The number of hydrogen-bond donors (Lipinski definition) is 2. The van der Waals surface area contributed by atoms with Crippen molar-refractivity contribution in [3.8, 4) is 0 Å². The maximum absolute atomic E-state index is 11.4. The summed E-state index contributed by atoms with van der Waals surface area (Å²) in [6, 6.07) is 4.54. The minimum atomic E-state index is -0.805. The van der Waals surface area contributed by atoms with E-state index < -0.39 is 12.0 Å². The summed E-state index contributed by atoms with van der Waals surface area (Å²) in [6.07, 6.45) is 0.502. The van der Waals surface area contributed by atoms with E-state index in [1.165, 1.54) is 22.0 Å². The van der Waals surface area contributed by atoms with E-state index in [0.717, 1.165) is 24.3 Å². The number of benzene rings is 1. The van der Waals surface area contributed by atoms with Crippen LogP contribution in [0.1, 0.15) is 36.2 Å². The highest BCUT2D eigenvalue weighted by atomic mass is 16.4. The summed E-state index contributed by atoms with van der Waals surface area (Å²) in [4.78, 5) is 13.9. The summed E-state index contributed by atoms with van der Waals surface area (Å²) >= 11 is 0. The molecule has 0 amide bonds. The average Bonchev–Trinajstić information content (AvgIpc) is 3.04. The third-order valence-electron chi connectivity index (χ3n) is 5.48. The molecule has 2 N–H and O–H groups in total. The number of carboxylic acid groups (broad SMARTS) is 1. The highest BCUT2D eigenvalue weighted by Gasteiger charge is 2.25. The zero-order valence-electron chi connectivity index (χ0n) is 15.2. The number of carbonyl (C=O) groups is 1. The lowest BCUT2D eigenvalue weighted by molar-refractivity contribution is -0.139. The third kappa shape index (κ3) is 2.72. The molecule has 0 fully saturated rings. The standard InChI is InChI=1S/C19H27N3O2/c1-11(2)22-9-13-6-16-15(8-17(20-4)19(23)24)12(3)21(5)18(16)7-14(13)10-22/h6-7,11,17,20H,8-10H2,1-5H3,(H,23,24). The number of nitrogens with one attached hydrogen (secondary N) is 1. The Hall–Kier alpha value is -1.85. The lowest BCUT2D eigenvalue weighted by Crippen LogP contribution is -2.35. The van der Waals surface area contributed by atoms with Gasteiger partial charge in [-0.15, -0.1) is 0 Å². The van der Waals surface area contributed by atoms with Crippen molar-refractivity contribution in [2.75, 3.05) is 7.05 Å². The van der Waals surface area contributed by atoms with Gasteiger partial charge >= 0.3 is 5.97 Å². The number of fused-ring (bicyclic) bond motifs is 2. The van der Waals surface area contributed by atoms with Crippen molar-refractivity contribution in [3.05, 3.63) is 34.5 Å². The van der Waals surface area contributed by atoms with Gasteiger partial charge in [0.05, 0.1) is 0 Å². The van der Waals surface area contributed by atoms with E-state index in [0.29, 0.717) is 12.5 Å². The normalized spacial score (nSPS) is 16.1. The van der Waals surface area contributed by atoms with Crippen LogP contribution in [0.3, 0.4) is 0 Å². The molecule has 1 aromatic heterocycles. The Morgan fingerprint density at radius 3 is 2.46 bits per heavy atom. The highest BCUT2D eigenvalue weighted by Crippen LogP contribution is 2.33. The lowest BCUT2D eigenvalue weighted by Gasteiger charge is -2.18. The lowest BCUT2D eigenvalue weighted by atomic mass is 10.00. The van der Waals surface area contributed by atoms with E-state index >= 15 is 0 Å². The Kier molecular flexibility index (Phi) is 4.40. The van der Waals surface area contributed by atoms with Crippen LogP contribution in [0, 0.1) is 6.92 Å². The van der Waals surface area contributed by atoms with Gasteiger partial charge in [-0.1, -0.05) is 0 Å². The minimum absolute atomic E-state index is 0.502. The predicted octanol–water partition coefficient (Wildman–Crippen LogP) is 2.43. The van der Waals surface area contributed by atoms with Gasteiger partial charge in [-0.05, 0) is 56.6 Å². The molecule has 0 saturated carbocycles. The van der Waals surface area contributed by atoms with E-state index in [2.05, 4.69) is 54.7 Å². The van der Waals surface area contributed by atoms with Gasteiger partial charge < -0.3 is 15.0 Å². The number of aliphatic carboxylic acids is 1. The molecule has 5 nitrogen and oxygen atoms in total. The first-order chi connectivity index (χ1) is 11.3. The van der Waals surface area contributed by atoms with Crippen LogP contribution in [-0.2, 0) is 31.4 Å². The number of aryl methyl sites for hydroxylation is 1. The second-order valence-electron chi connectivity index (χ2n) is 7.14. The first kappa shape index (κ1) is 17.0. The van der Waals surface area contributed by atoms with Gasteiger partial charge in [0.15, 0.2) is 0 Å². The van der Waals surface area contributed by atoms with E-state index in [4.69, 9.17) is 0 Å². The zero-order chi connectivity index (χ0) is 17.6. The maximum Gasteiger partial charge on any atom is 0.321 e. The quantitative estimate of drug-likeness (QED) is 0.884. The largest absolute Gasteiger partial charge is 0.480 e. The molecule has 24 heavy (non-hydrogen) atoms. The van der Waals surface area contributed by atoms with Crippen LogP contribution < -0.4 is 5.32 Å². The van der Waals surface area contributed by atoms with E-state index in [9.17, 15) is 9.90 Å². The smallest absolute Gasteiger partial charge is 0.321 e. The van der Waals surface area contributed by atoms with E-state index in [1.54, 1.807) is 7.05 Å². The van der Waals surface area contributed by atoms with Crippen LogP contribution in [0.5, 0.6) is 0 Å². The molecule has 0 aliphatic carbocycles. The first-order valence-electron chi connectivity index (χ1n) is 8.57. The van der Waals surface area contributed by atoms with Crippen molar-refractivity contribution in [2.24, 2.45) is 7.05 Å². The maximum atomic E-state index is 11.4. The number of aromatic nitrogens is 1. The van der Waals surface area contributed by atoms with Crippen LogP contribution in [0.2, 0.25) is 0 Å². The Balaban J connectivity index is 2.07. The number of likely N-dealkylation sites (N-methyl/N-ethyl adjacent to an activating group) is 1. The molecule has 130 valence electrons. The van der Waals surface area contributed by atoms with E-state index in [-0.39, 0.29) is 0 Å². The topological polar surface area (TPSA) is 57.5 Å². The molecule has 2 heterocycles. The van der Waals surface area contributed by atoms with Crippen molar-refractivity contribution in [1.82, 2.24) is 14.8 Å².